The molecule has 3 heterocycles. The quantitative estimate of drug-likeness (QED) is 0.576. The molecule has 3 aromatic rings. The Bertz CT molecular complexity index is 1090. The Kier molecular flexibility index (Phi) is 6.80. The third-order valence-electron chi connectivity index (χ3n) is 6.63. The molecular formula is C24H33N7O2. The van der Waals surface area contributed by atoms with Crippen molar-refractivity contribution in [3.05, 3.63) is 48.3 Å². The molecule has 1 aromatic carbocycles. The molecule has 3 atom stereocenters. The van der Waals surface area contributed by atoms with E-state index in [0.29, 0.717) is 18.5 Å². The van der Waals surface area contributed by atoms with E-state index in [0.717, 1.165) is 35.3 Å². The second-order valence-corrected chi connectivity index (χ2v) is 8.75. The van der Waals surface area contributed by atoms with Gasteiger partial charge >= 0.3 is 6.03 Å². The van der Waals surface area contributed by atoms with E-state index >= 15 is 0 Å². The molecular weight excluding hydrogens is 418 g/mol. The topological polar surface area (TPSA) is 89.2 Å². The summed E-state index contributed by atoms with van der Waals surface area (Å²) in [4.78, 5) is 15.4. The lowest BCUT2D eigenvalue weighted by molar-refractivity contribution is 0.153. The van der Waals surface area contributed by atoms with Gasteiger partial charge in [0.15, 0.2) is 0 Å². The van der Waals surface area contributed by atoms with Crippen LogP contribution in [0, 0.1) is 6.92 Å². The van der Waals surface area contributed by atoms with Gasteiger partial charge in [-0.1, -0.05) is 18.2 Å². The lowest BCUT2D eigenvalue weighted by atomic mass is 10.1. The molecule has 2 aromatic heterocycles. The maximum atomic E-state index is 13.1. The first kappa shape index (κ1) is 23.0. The molecule has 0 bridgehead atoms. The van der Waals surface area contributed by atoms with Gasteiger partial charge in [-0.05, 0) is 45.9 Å². The van der Waals surface area contributed by atoms with E-state index in [1.165, 1.54) is 0 Å². The van der Waals surface area contributed by atoms with Crippen molar-refractivity contribution in [1.82, 2.24) is 29.8 Å². The van der Waals surface area contributed by atoms with Crippen molar-refractivity contribution >= 4 is 11.8 Å². The number of nitrogens with zero attached hydrogens (tertiary/aromatic N) is 5. The van der Waals surface area contributed by atoms with Crippen molar-refractivity contribution in [2.75, 3.05) is 26.1 Å². The number of anilines is 1. The van der Waals surface area contributed by atoms with Crippen LogP contribution in [-0.2, 0) is 11.8 Å². The summed E-state index contributed by atoms with van der Waals surface area (Å²) in [6.45, 7) is 4.84. The normalized spacial score (nSPS) is 20.8. The van der Waals surface area contributed by atoms with Crippen LogP contribution in [0.3, 0.4) is 0 Å². The Morgan fingerprint density at radius 3 is 2.67 bits per heavy atom. The SMILES string of the molecule is COCC[C@H]1C[C@@H](NC(=O)Nc2c(C)c(-c3cnn(C)c3)nn2-c2ccccc2)[C@H](C)N1C. The molecule has 0 unspecified atom stereocenters. The predicted molar refractivity (Wildman–Crippen MR) is 129 cm³/mol. The highest BCUT2D eigenvalue weighted by molar-refractivity contribution is 5.91. The van der Waals surface area contributed by atoms with E-state index in [-0.39, 0.29) is 18.1 Å². The van der Waals surface area contributed by atoms with Crippen molar-refractivity contribution in [2.45, 2.75) is 44.8 Å². The van der Waals surface area contributed by atoms with Gasteiger partial charge in [0.05, 0.1) is 11.9 Å². The zero-order valence-corrected chi connectivity index (χ0v) is 19.9. The molecule has 2 N–H and O–H groups in total. The van der Waals surface area contributed by atoms with E-state index in [2.05, 4.69) is 34.6 Å². The molecule has 176 valence electrons. The third-order valence-corrected chi connectivity index (χ3v) is 6.63. The van der Waals surface area contributed by atoms with E-state index in [4.69, 9.17) is 9.84 Å². The monoisotopic (exact) mass is 451 g/mol. The standard InChI is InChI=1S/C24H33N7O2/c1-16-22(18-14-25-29(3)15-18)28-31(19-9-7-6-8-10-19)23(16)27-24(32)26-21-13-20(11-12-33-5)30(4)17(21)2/h6-10,14-15,17,20-21H,11-13H2,1-5H3,(H2,26,27,32)/t17-,20-,21+/m0/s1. The first-order valence-electron chi connectivity index (χ1n) is 11.3. The number of likely N-dealkylation sites (tertiary alicyclic amines) is 1. The number of para-hydroxylation sites is 1. The largest absolute Gasteiger partial charge is 0.385 e. The second-order valence-electron chi connectivity index (χ2n) is 8.75. The number of amides is 2. The molecule has 4 rings (SSSR count). The van der Waals surface area contributed by atoms with Gasteiger partial charge < -0.3 is 10.1 Å². The van der Waals surface area contributed by atoms with E-state index < -0.39 is 0 Å². The number of rotatable bonds is 7. The number of urea groups is 1. The van der Waals surface area contributed by atoms with Gasteiger partial charge in [-0.3, -0.25) is 14.9 Å². The van der Waals surface area contributed by atoms with Gasteiger partial charge in [-0.2, -0.15) is 10.2 Å². The molecule has 9 heteroatoms. The summed E-state index contributed by atoms with van der Waals surface area (Å²) in [7, 11) is 5.71. The van der Waals surface area contributed by atoms with E-state index in [1.54, 1.807) is 22.7 Å². The van der Waals surface area contributed by atoms with Crippen LogP contribution in [0.15, 0.2) is 42.7 Å². The number of aromatic nitrogens is 4. The number of aryl methyl sites for hydroxylation is 1. The number of carbonyl (C=O) groups is 1. The Balaban J connectivity index is 1.57. The Morgan fingerprint density at radius 2 is 2.00 bits per heavy atom. The van der Waals surface area contributed by atoms with Crippen LogP contribution in [0.2, 0.25) is 0 Å². The summed E-state index contributed by atoms with van der Waals surface area (Å²) in [5.41, 5.74) is 3.45. The maximum Gasteiger partial charge on any atom is 0.320 e. The second kappa shape index (κ2) is 9.76. The molecule has 1 fully saturated rings. The van der Waals surface area contributed by atoms with Crippen LogP contribution in [0.5, 0.6) is 0 Å². The maximum absolute atomic E-state index is 13.1. The summed E-state index contributed by atoms with van der Waals surface area (Å²) in [6, 6.07) is 10.3. The highest BCUT2D eigenvalue weighted by Crippen LogP contribution is 2.30. The minimum Gasteiger partial charge on any atom is -0.385 e. The number of ether oxygens (including phenoxy) is 1. The van der Waals surface area contributed by atoms with Crippen LogP contribution in [0.25, 0.3) is 16.9 Å². The van der Waals surface area contributed by atoms with Gasteiger partial charge in [-0.15, -0.1) is 0 Å². The number of nitrogens with one attached hydrogen (secondary N) is 2. The molecule has 0 saturated carbocycles. The fourth-order valence-corrected chi connectivity index (χ4v) is 4.56. The Morgan fingerprint density at radius 1 is 1.24 bits per heavy atom. The number of benzene rings is 1. The van der Waals surface area contributed by atoms with Gasteiger partial charge in [0.25, 0.3) is 0 Å². The fraction of sp³-hybridized carbons (Fsp3) is 0.458. The lowest BCUT2D eigenvalue weighted by Gasteiger charge is -2.24. The van der Waals surface area contributed by atoms with Crippen molar-refractivity contribution in [3.8, 4) is 16.9 Å². The van der Waals surface area contributed by atoms with Crippen molar-refractivity contribution < 1.29 is 9.53 Å². The molecule has 1 saturated heterocycles. The van der Waals surface area contributed by atoms with Gasteiger partial charge in [0.1, 0.15) is 11.5 Å². The summed E-state index contributed by atoms with van der Waals surface area (Å²) >= 11 is 0. The minimum absolute atomic E-state index is 0.0584. The highest BCUT2D eigenvalue weighted by Gasteiger charge is 2.36. The van der Waals surface area contributed by atoms with Crippen molar-refractivity contribution in [3.63, 3.8) is 0 Å². The van der Waals surface area contributed by atoms with Crippen LogP contribution in [0.1, 0.15) is 25.3 Å². The Hall–Kier alpha value is -3.17. The highest BCUT2D eigenvalue weighted by atomic mass is 16.5. The first-order valence-corrected chi connectivity index (χ1v) is 11.3. The van der Waals surface area contributed by atoms with E-state index in [1.807, 2.05) is 50.5 Å². The Labute approximate surface area is 194 Å². The predicted octanol–water partition coefficient (Wildman–Crippen LogP) is 3.20. The third kappa shape index (κ3) is 4.79. The van der Waals surface area contributed by atoms with Gasteiger partial charge in [-0.25, -0.2) is 9.48 Å². The zero-order valence-electron chi connectivity index (χ0n) is 19.9. The van der Waals surface area contributed by atoms with Crippen LogP contribution < -0.4 is 10.6 Å². The summed E-state index contributed by atoms with van der Waals surface area (Å²) in [5.74, 6) is 0.646. The molecule has 9 nitrogen and oxygen atoms in total. The van der Waals surface area contributed by atoms with Crippen LogP contribution in [-0.4, -0.2) is 69.4 Å². The number of carbonyl (C=O) groups excluding carboxylic acids is 1. The van der Waals surface area contributed by atoms with Crippen molar-refractivity contribution in [2.24, 2.45) is 7.05 Å². The van der Waals surface area contributed by atoms with Crippen LogP contribution in [0.4, 0.5) is 10.6 Å². The van der Waals surface area contributed by atoms with Gasteiger partial charge in [0, 0.05) is 56.2 Å². The van der Waals surface area contributed by atoms with Crippen LogP contribution >= 0.6 is 0 Å². The molecule has 0 aliphatic carbocycles. The number of methoxy groups -OCH3 is 1. The average Bonchev–Trinajstić information content (AvgIpc) is 3.45. The molecule has 33 heavy (non-hydrogen) atoms. The van der Waals surface area contributed by atoms with Crippen molar-refractivity contribution in [1.29, 1.82) is 0 Å². The smallest absolute Gasteiger partial charge is 0.320 e. The summed E-state index contributed by atoms with van der Waals surface area (Å²) in [6.07, 6.45) is 5.55. The lowest BCUT2D eigenvalue weighted by Crippen LogP contribution is -2.44. The average molecular weight is 452 g/mol. The first-order chi connectivity index (χ1) is 15.9. The number of hydrogen-bond acceptors (Lipinski definition) is 5. The number of likely N-dealkylation sites (N-methyl/N-ethyl adjacent to an activating group) is 1. The summed E-state index contributed by atoms with van der Waals surface area (Å²) < 4.78 is 8.77. The van der Waals surface area contributed by atoms with E-state index in [9.17, 15) is 4.79 Å². The molecule has 2 amide bonds. The minimum atomic E-state index is -0.231. The zero-order chi connectivity index (χ0) is 23.5. The molecule has 1 aliphatic heterocycles. The molecule has 0 radical (unpaired) electrons. The molecule has 0 spiro atoms. The summed E-state index contributed by atoms with van der Waals surface area (Å²) in [5, 5.41) is 15.4. The fourth-order valence-electron chi connectivity index (χ4n) is 4.56. The molecule has 1 aliphatic rings. The number of hydrogen-bond donors (Lipinski definition) is 2. The van der Waals surface area contributed by atoms with Gasteiger partial charge in [0.2, 0.25) is 0 Å².